The summed E-state index contributed by atoms with van der Waals surface area (Å²) in [5.74, 6) is -3.61. The molecule has 0 saturated carbocycles. The molecule has 1 aromatic rings. The summed E-state index contributed by atoms with van der Waals surface area (Å²) < 4.78 is 15.8. The lowest BCUT2D eigenvalue weighted by atomic mass is 9.69. The number of carbonyl (C=O) groups is 3. The number of hydrogen-bond donors (Lipinski definition) is 2. The second-order valence-electron chi connectivity index (χ2n) is 8.69. The van der Waals surface area contributed by atoms with Gasteiger partial charge in [0.15, 0.2) is 5.78 Å². The monoisotopic (exact) mass is 457 g/mol. The Balaban J connectivity index is 2.04. The van der Waals surface area contributed by atoms with E-state index in [-0.39, 0.29) is 36.6 Å². The van der Waals surface area contributed by atoms with Gasteiger partial charge in [-0.2, -0.15) is 0 Å². The van der Waals surface area contributed by atoms with E-state index in [0.29, 0.717) is 29.0 Å². The summed E-state index contributed by atoms with van der Waals surface area (Å²) in [5, 5.41) is 13.3. The van der Waals surface area contributed by atoms with Crippen LogP contribution in [0.3, 0.4) is 0 Å². The summed E-state index contributed by atoms with van der Waals surface area (Å²) in [4.78, 5) is 39.2. The minimum Gasteiger partial charge on any atom is -0.508 e. The third kappa shape index (κ3) is 5.11. The summed E-state index contributed by atoms with van der Waals surface area (Å²) in [6, 6.07) is 6.41. The van der Waals surface area contributed by atoms with Crippen LogP contribution < -0.4 is 5.32 Å². The van der Waals surface area contributed by atoms with Gasteiger partial charge in [-0.3, -0.25) is 9.59 Å². The first-order chi connectivity index (χ1) is 15.6. The Morgan fingerprint density at radius 3 is 2.61 bits per heavy atom. The van der Waals surface area contributed by atoms with Crippen LogP contribution in [0.15, 0.2) is 46.8 Å². The highest BCUT2D eigenvalue weighted by molar-refractivity contribution is 6.12. The van der Waals surface area contributed by atoms with Crippen molar-refractivity contribution in [2.45, 2.75) is 46.1 Å². The van der Waals surface area contributed by atoms with Gasteiger partial charge in [-0.1, -0.05) is 19.1 Å². The van der Waals surface area contributed by atoms with Crippen molar-refractivity contribution in [3.05, 3.63) is 52.4 Å². The average Bonchev–Trinajstić information content (AvgIpc) is 2.75. The van der Waals surface area contributed by atoms with Crippen LogP contribution in [-0.2, 0) is 28.6 Å². The van der Waals surface area contributed by atoms with Crippen LogP contribution in [0.1, 0.15) is 45.6 Å². The lowest BCUT2D eigenvalue weighted by Gasteiger charge is -2.38. The highest BCUT2D eigenvalue weighted by atomic mass is 16.6. The number of esters is 2. The Morgan fingerprint density at radius 2 is 1.97 bits per heavy atom. The van der Waals surface area contributed by atoms with Gasteiger partial charge < -0.3 is 24.6 Å². The zero-order chi connectivity index (χ0) is 24.3. The van der Waals surface area contributed by atoms with Crippen LogP contribution in [0.25, 0.3) is 0 Å². The molecule has 0 radical (unpaired) electrons. The topological polar surface area (TPSA) is 111 Å². The molecule has 0 amide bonds. The first-order valence-electron chi connectivity index (χ1n) is 11.1. The standard InChI is InChI=1S/C25H31NO7/c1-13(2)32-9-10-33-25(30)20-15(4)26-18-11-14(3)19(24(29)31-5)23(28)22(18)21(20)16-7-6-8-17(27)12-16/h6-8,12-14,19,21,26-27H,9-11H2,1-5H3/t14-,19-,21-/m0/s1. The molecule has 178 valence electrons. The number of rotatable bonds is 7. The molecule has 0 aromatic heterocycles. The fourth-order valence-corrected chi connectivity index (χ4v) is 4.48. The van der Waals surface area contributed by atoms with Crippen LogP contribution in [0, 0.1) is 11.8 Å². The molecule has 33 heavy (non-hydrogen) atoms. The van der Waals surface area contributed by atoms with Crippen LogP contribution in [-0.4, -0.2) is 49.3 Å². The molecule has 1 heterocycles. The molecular formula is C25H31NO7. The quantitative estimate of drug-likeness (QED) is 0.365. The number of dihydropyridines is 1. The van der Waals surface area contributed by atoms with E-state index in [4.69, 9.17) is 14.2 Å². The molecule has 3 atom stereocenters. The minimum absolute atomic E-state index is 0.00466. The zero-order valence-corrected chi connectivity index (χ0v) is 19.6. The van der Waals surface area contributed by atoms with E-state index in [0.717, 1.165) is 0 Å². The molecule has 0 fully saturated rings. The number of carbonyl (C=O) groups excluding carboxylic acids is 3. The first-order valence-corrected chi connectivity index (χ1v) is 11.1. The Kier molecular flexibility index (Phi) is 7.58. The number of nitrogens with one attached hydrogen (secondary N) is 1. The highest BCUT2D eigenvalue weighted by Gasteiger charge is 2.47. The average molecular weight is 458 g/mol. The van der Waals surface area contributed by atoms with Crippen molar-refractivity contribution in [3.63, 3.8) is 0 Å². The summed E-state index contributed by atoms with van der Waals surface area (Å²) >= 11 is 0. The second-order valence-corrected chi connectivity index (χ2v) is 8.69. The number of phenols is 1. The molecule has 8 nitrogen and oxygen atoms in total. The zero-order valence-electron chi connectivity index (χ0n) is 19.6. The Labute approximate surface area is 193 Å². The molecular weight excluding hydrogens is 426 g/mol. The molecule has 1 aliphatic heterocycles. The van der Waals surface area contributed by atoms with Crippen molar-refractivity contribution in [1.82, 2.24) is 5.32 Å². The molecule has 1 aromatic carbocycles. The molecule has 0 unspecified atom stereocenters. The lowest BCUT2D eigenvalue weighted by Crippen LogP contribution is -2.43. The third-order valence-electron chi connectivity index (χ3n) is 5.93. The Bertz CT molecular complexity index is 1010. The van der Waals surface area contributed by atoms with E-state index in [1.54, 1.807) is 19.1 Å². The van der Waals surface area contributed by atoms with Gasteiger partial charge in [-0.05, 0) is 50.8 Å². The number of benzene rings is 1. The minimum atomic E-state index is -0.967. The molecule has 0 spiro atoms. The second kappa shape index (κ2) is 10.2. The molecule has 3 rings (SSSR count). The largest absolute Gasteiger partial charge is 0.508 e. The maximum absolute atomic E-state index is 13.6. The van der Waals surface area contributed by atoms with Gasteiger partial charge >= 0.3 is 11.9 Å². The van der Waals surface area contributed by atoms with Crippen molar-refractivity contribution in [2.75, 3.05) is 20.3 Å². The smallest absolute Gasteiger partial charge is 0.336 e. The van der Waals surface area contributed by atoms with E-state index in [9.17, 15) is 19.5 Å². The number of allylic oxidation sites excluding steroid dienone is 3. The van der Waals surface area contributed by atoms with Gasteiger partial charge in [0.25, 0.3) is 0 Å². The number of aromatic hydroxyl groups is 1. The van der Waals surface area contributed by atoms with Crippen molar-refractivity contribution in [2.24, 2.45) is 11.8 Å². The SMILES string of the molecule is COC(=O)[C@@H]1C(=O)C2=C(C[C@@H]1C)NC(C)=C(C(=O)OCCOC(C)C)[C@@H]2c1cccc(O)c1. The molecule has 0 bridgehead atoms. The number of phenolic OH excluding ortho intramolecular Hbond substituents is 1. The van der Waals surface area contributed by atoms with Gasteiger partial charge in [0.1, 0.15) is 18.3 Å². The van der Waals surface area contributed by atoms with E-state index in [1.165, 1.54) is 19.2 Å². The molecule has 1 aliphatic carbocycles. The van der Waals surface area contributed by atoms with Crippen LogP contribution in [0.4, 0.5) is 0 Å². The first kappa shape index (κ1) is 24.5. The summed E-state index contributed by atoms with van der Waals surface area (Å²) in [7, 11) is 1.25. The van der Waals surface area contributed by atoms with Crippen molar-refractivity contribution < 1.29 is 33.7 Å². The van der Waals surface area contributed by atoms with Crippen molar-refractivity contribution in [3.8, 4) is 5.75 Å². The maximum atomic E-state index is 13.6. The van der Waals surface area contributed by atoms with Crippen LogP contribution >= 0.6 is 0 Å². The van der Waals surface area contributed by atoms with Gasteiger partial charge in [-0.25, -0.2) is 4.79 Å². The Hall–Kier alpha value is -3.13. The van der Waals surface area contributed by atoms with E-state index in [1.807, 2.05) is 20.8 Å². The molecule has 2 N–H and O–H groups in total. The van der Waals surface area contributed by atoms with E-state index < -0.39 is 29.6 Å². The van der Waals surface area contributed by atoms with Crippen molar-refractivity contribution >= 4 is 17.7 Å². The van der Waals surface area contributed by atoms with Gasteiger partial charge in [-0.15, -0.1) is 0 Å². The number of methoxy groups -OCH3 is 1. The maximum Gasteiger partial charge on any atom is 0.336 e. The number of ketones is 1. The number of ether oxygens (including phenoxy) is 3. The molecule has 8 heteroatoms. The third-order valence-corrected chi connectivity index (χ3v) is 5.93. The van der Waals surface area contributed by atoms with Crippen LogP contribution in [0.5, 0.6) is 5.75 Å². The van der Waals surface area contributed by atoms with Gasteiger partial charge in [0.2, 0.25) is 0 Å². The predicted octanol–water partition coefficient (Wildman–Crippen LogP) is 2.97. The van der Waals surface area contributed by atoms with E-state index in [2.05, 4.69) is 5.32 Å². The molecule has 0 saturated heterocycles. The summed E-state index contributed by atoms with van der Waals surface area (Å²) in [6.07, 6.45) is 0.448. The lowest BCUT2D eigenvalue weighted by molar-refractivity contribution is -0.151. The fraction of sp³-hybridized carbons (Fsp3) is 0.480. The van der Waals surface area contributed by atoms with Gasteiger partial charge in [0.05, 0.1) is 25.4 Å². The summed E-state index contributed by atoms with van der Waals surface area (Å²) in [5.41, 5.74) is 2.37. The fourth-order valence-electron chi connectivity index (χ4n) is 4.48. The van der Waals surface area contributed by atoms with Crippen LogP contribution in [0.2, 0.25) is 0 Å². The summed E-state index contributed by atoms with van der Waals surface area (Å²) in [6.45, 7) is 7.66. The highest BCUT2D eigenvalue weighted by Crippen LogP contribution is 2.45. The normalized spacial score (nSPS) is 22.7. The van der Waals surface area contributed by atoms with E-state index >= 15 is 0 Å². The predicted molar refractivity (Wildman–Crippen MR) is 120 cm³/mol. The van der Waals surface area contributed by atoms with Gasteiger partial charge in [0, 0.05) is 22.9 Å². The number of hydrogen-bond acceptors (Lipinski definition) is 8. The Morgan fingerprint density at radius 1 is 1.24 bits per heavy atom. The number of Topliss-reactive ketones (excluding diaryl/α,β-unsaturated/α-hetero) is 1. The molecule has 2 aliphatic rings. The van der Waals surface area contributed by atoms with Crippen molar-refractivity contribution in [1.29, 1.82) is 0 Å².